The number of thiazole rings is 1. The topological polar surface area (TPSA) is 66.3 Å². The van der Waals surface area contributed by atoms with Gasteiger partial charge in [0.2, 0.25) is 0 Å². The lowest BCUT2D eigenvalue weighted by atomic mass is 10.3. The molecular formula is C13H15N3O2S. The van der Waals surface area contributed by atoms with Gasteiger partial charge in [-0.3, -0.25) is 14.7 Å². The van der Waals surface area contributed by atoms with E-state index in [1.807, 2.05) is 35.4 Å². The fraction of sp³-hybridized carbons (Fsp3) is 0.308. The highest BCUT2D eigenvalue weighted by Crippen LogP contribution is 2.21. The molecule has 0 aliphatic rings. The number of carbonyl (C=O) groups is 1. The largest absolute Gasteiger partial charge is 0.480 e. The summed E-state index contributed by atoms with van der Waals surface area (Å²) >= 11 is 1.53. The molecule has 0 aliphatic heterocycles. The second-order valence-electron chi connectivity index (χ2n) is 4.06. The second-order valence-corrected chi connectivity index (χ2v) is 4.91. The van der Waals surface area contributed by atoms with Gasteiger partial charge in [0.1, 0.15) is 5.01 Å². The van der Waals surface area contributed by atoms with Gasteiger partial charge in [-0.15, -0.1) is 11.3 Å². The number of carboxylic acid groups (broad SMARTS) is 1. The predicted octanol–water partition coefficient (Wildman–Crippen LogP) is 2.11. The molecule has 0 bridgehead atoms. The zero-order chi connectivity index (χ0) is 13.7. The van der Waals surface area contributed by atoms with Crippen molar-refractivity contribution in [3.63, 3.8) is 0 Å². The first-order valence-corrected chi connectivity index (χ1v) is 6.87. The van der Waals surface area contributed by atoms with E-state index in [0.29, 0.717) is 13.1 Å². The van der Waals surface area contributed by atoms with E-state index in [1.54, 1.807) is 6.20 Å². The SMILES string of the molecule is CCN(CC(=O)O)Cc1csc(-c2ccccn2)n1. The number of likely N-dealkylation sites (N-methyl/N-ethyl adjacent to an activating group) is 1. The first-order valence-electron chi connectivity index (χ1n) is 5.99. The van der Waals surface area contributed by atoms with E-state index in [9.17, 15) is 4.79 Å². The van der Waals surface area contributed by atoms with E-state index in [4.69, 9.17) is 5.11 Å². The molecule has 0 aliphatic carbocycles. The van der Waals surface area contributed by atoms with Gasteiger partial charge in [0, 0.05) is 18.1 Å². The standard InChI is InChI=1S/C13H15N3O2S/c1-2-16(8-12(17)18)7-10-9-19-13(15-10)11-5-3-4-6-14-11/h3-6,9H,2,7-8H2,1H3,(H,17,18). The minimum Gasteiger partial charge on any atom is -0.480 e. The summed E-state index contributed by atoms with van der Waals surface area (Å²) in [4.78, 5) is 21.3. The monoisotopic (exact) mass is 277 g/mol. The molecule has 0 saturated carbocycles. The summed E-state index contributed by atoms with van der Waals surface area (Å²) in [7, 11) is 0. The Labute approximate surface area is 115 Å². The number of aromatic nitrogens is 2. The van der Waals surface area contributed by atoms with Crippen LogP contribution in [0.4, 0.5) is 0 Å². The fourth-order valence-corrected chi connectivity index (χ4v) is 2.47. The molecule has 2 rings (SSSR count). The molecule has 2 heterocycles. The maximum absolute atomic E-state index is 10.7. The van der Waals surface area contributed by atoms with Gasteiger partial charge in [-0.05, 0) is 18.7 Å². The van der Waals surface area contributed by atoms with Gasteiger partial charge in [0.05, 0.1) is 17.9 Å². The lowest BCUT2D eigenvalue weighted by Crippen LogP contribution is -2.29. The van der Waals surface area contributed by atoms with Crippen LogP contribution in [0.25, 0.3) is 10.7 Å². The minimum absolute atomic E-state index is 0.0347. The van der Waals surface area contributed by atoms with Gasteiger partial charge in [0.25, 0.3) is 0 Å². The second kappa shape index (κ2) is 6.40. The molecule has 0 saturated heterocycles. The summed E-state index contributed by atoms with van der Waals surface area (Å²) in [6.45, 7) is 3.21. The number of nitrogens with zero attached hydrogens (tertiary/aromatic N) is 3. The van der Waals surface area contributed by atoms with Crippen molar-refractivity contribution in [2.75, 3.05) is 13.1 Å². The van der Waals surface area contributed by atoms with E-state index in [-0.39, 0.29) is 6.54 Å². The van der Waals surface area contributed by atoms with Gasteiger partial charge in [0.15, 0.2) is 0 Å². The Balaban J connectivity index is 2.07. The van der Waals surface area contributed by atoms with Crippen LogP contribution in [0.5, 0.6) is 0 Å². The zero-order valence-electron chi connectivity index (χ0n) is 10.6. The van der Waals surface area contributed by atoms with E-state index in [2.05, 4.69) is 9.97 Å². The Morgan fingerprint density at radius 3 is 2.95 bits per heavy atom. The summed E-state index contributed by atoms with van der Waals surface area (Å²) in [5.41, 5.74) is 1.73. The quantitative estimate of drug-likeness (QED) is 0.876. The zero-order valence-corrected chi connectivity index (χ0v) is 11.4. The van der Waals surface area contributed by atoms with Gasteiger partial charge >= 0.3 is 5.97 Å². The first kappa shape index (κ1) is 13.6. The van der Waals surface area contributed by atoms with Crippen molar-refractivity contribution in [3.8, 4) is 10.7 Å². The summed E-state index contributed by atoms with van der Waals surface area (Å²) in [5, 5.41) is 11.6. The van der Waals surface area contributed by atoms with Crippen LogP contribution in [-0.4, -0.2) is 39.0 Å². The third-order valence-electron chi connectivity index (χ3n) is 2.63. The average Bonchev–Trinajstić information content (AvgIpc) is 2.87. The molecule has 0 unspecified atom stereocenters. The number of hydrogen-bond donors (Lipinski definition) is 1. The molecule has 0 amide bonds. The summed E-state index contributed by atoms with van der Waals surface area (Å²) in [6.07, 6.45) is 1.74. The van der Waals surface area contributed by atoms with Crippen molar-refractivity contribution in [1.29, 1.82) is 0 Å². The van der Waals surface area contributed by atoms with Crippen LogP contribution in [0.2, 0.25) is 0 Å². The molecule has 19 heavy (non-hydrogen) atoms. The van der Waals surface area contributed by atoms with Crippen molar-refractivity contribution in [1.82, 2.24) is 14.9 Å². The highest BCUT2D eigenvalue weighted by Gasteiger charge is 2.11. The molecule has 0 atom stereocenters. The van der Waals surface area contributed by atoms with Gasteiger partial charge < -0.3 is 5.11 Å². The molecule has 1 N–H and O–H groups in total. The molecule has 5 nitrogen and oxygen atoms in total. The summed E-state index contributed by atoms with van der Waals surface area (Å²) < 4.78 is 0. The molecule has 0 fully saturated rings. The van der Waals surface area contributed by atoms with Crippen molar-refractivity contribution in [2.45, 2.75) is 13.5 Å². The first-order chi connectivity index (χ1) is 9.19. The highest BCUT2D eigenvalue weighted by molar-refractivity contribution is 7.13. The summed E-state index contributed by atoms with van der Waals surface area (Å²) in [5.74, 6) is -0.818. The van der Waals surface area contributed by atoms with Crippen LogP contribution in [0.15, 0.2) is 29.8 Å². The lowest BCUT2D eigenvalue weighted by molar-refractivity contribution is -0.138. The van der Waals surface area contributed by atoms with Crippen LogP contribution >= 0.6 is 11.3 Å². The predicted molar refractivity (Wildman–Crippen MR) is 73.9 cm³/mol. The van der Waals surface area contributed by atoms with E-state index >= 15 is 0 Å². The molecule has 0 aromatic carbocycles. The smallest absolute Gasteiger partial charge is 0.317 e. The van der Waals surface area contributed by atoms with Crippen molar-refractivity contribution < 1.29 is 9.90 Å². The van der Waals surface area contributed by atoms with Gasteiger partial charge in [-0.1, -0.05) is 13.0 Å². The maximum Gasteiger partial charge on any atom is 0.317 e. The number of pyridine rings is 1. The Bertz CT molecular complexity index is 542. The Morgan fingerprint density at radius 1 is 1.47 bits per heavy atom. The van der Waals surface area contributed by atoms with Crippen LogP contribution in [0, 0.1) is 0 Å². The normalized spacial score (nSPS) is 10.8. The summed E-state index contributed by atoms with van der Waals surface area (Å²) in [6, 6.07) is 5.70. The Kier molecular flexibility index (Phi) is 4.59. The third-order valence-corrected chi connectivity index (χ3v) is 3.54. The number of aliphatic carboxylic acids is 1. The molecular weight excluding hydrogens is 262 g/mol. The van der Waals surface area contributed by atoms with E-state index in [1.165, 1.54) is 11.3 Å². The third kappa shape index (κ3) is 3.84. The number of hydrogen-bond acceptors (Lipinski definition) is 5. The number of carboxylic acids is 1. The van der Waals surface area contributed by atoms with Crippen molar-refractivity contribution >= 4 is 17.3 Å². The van der Waals surface area contributed by atoms with Crippen LogP contribution in [-0.2, 0) is 11.3 Å². The van der Waals surface area contributed by atoms with E-state index in [0.717, 1.165) is 16.4 Å². The van der Waals surface area contributed by atoms with Crippen LogP contribution < -0.4 is 0 Å². The fourth-order valence-electron chi connectivity index (χ4n) is 1.69. The Morgan fingerprint density at radius 2 is 2.32 bits per heavy atom. The lowest BCUT2D eigenvalue weighted by Gasteiger charge is -2.15. The van der Waals surface area contributed by atoms with Crippen molar-refractivity contribution in [2.24, 2.45) is 0 Å². The Hall–Kier alpha value is -1.79. The number of rotatable bonds is 6. The molecule has 100 valence electrons. The minimum atomic E-state index is -0.818. The molecule has 6 heteroatoms. The molecule has 0 spiro atoms. The van der Waals surface area contributed by atoms with Crippen molar-refractivity contribution in [3.05, 3.63) is 35.5 Å². The average molecular weight is 277 g/mol. The molecule has 2 aromatic rings. The molecule has 0 radical (unpaired) electrons. The molecule has 2 aromatic heterocycles. The van der Waals surface area contributed by atoms with Gasteiger partial charge in [-0.2, -0.15) is 0 Å². The van der Waals surface area contributed by atoms with Crippen LogP contribution in [0.1, 0.15) is 12.6 Å². The van der Waals surface area contributed by atoms with Crippen LogP contribution in [0.3, 0.4) is 0 Å². The van der Waals surface area contributed by atoms with Gasteiger partial charge in [-0.25, -0.2) is 4.98 Å². The maximum atomic E-state index is 10.7. The van der Waals surface area contributed by atoms with E-state index < -0.39 is 5.97 Å². The highest BCUT2D eigenvalue weighted by atomic mass is 32.1.